The highest BCUT2D eigenvalue weighted by Gasteiger charge is 2.12. The molecule has 148 valence electrons. The molecule has 0 saturated heterocycles. The van der Waals surface area contributed by atoms with Crippen molar-refractivity contribution in [1.82, 2.24) is 9.97 Å². The number of aromatic nitrogens is 2. The summed E-state index contributed by atoms with van der Waals surface area (Å²) in [4.78, 5) is 8.66. The second-order valence-corrected chi connectivity index (χ2v) is 7.98. The van der Waals surface area contributed by atoms with Gasteiger partial charge in [0.25, 0.3) is 0 Å². The predicted octanol–water partition coefficient (Wildman–Crippen LogP) is 4.19. The van der Waals surface area contributed by atoms with E-state index in [1.165, 1.54) is 6.33 Å². The maximum absolute atomic E-state index is 12.0. The molecule has 0 aliphatic rings. The van der Waals surface area contributed by atoms with E-state index >= 15 is 0 Å². The first-order chi connectivity index (χ1) is 13.0. The first kappa shape index (κ1) is 21.5. The Bertz CT molecular complexity index is 1030. The van der Waals surface area contributed by atoms with Crippen LogP contribution in [0.5, 0.6) is 5.75 Å². The molecule has 0 fully saturated rings. The van der Waals surface area contributed by atoms with Gasteiger partial charge in [-0.05, 0) is 42.5 Å². The Morgan fingerprint density at radius 2 is 1.57 bits per heavy atom. The van der Waals surface area contributed by atoms with E-state index in [0.717, 1.165) is 11.4 Å². The summed E-state index contributed by atoms with van der Waals surface area (Å²) in [5.41, 5.74) is 1.50. The van der Waals surface area contributed by atoms with Crippen molar-refractivity contribution in [3.8, 4) is 5.75 Å². The van der Waals surface area contributed by atoms with E-state index in [4.69, 9.17) is 4.74 Å². The molecule has 0 amide bonds. The Kier molecular flexibility index (Phi) is 7.19. The minimum absolute atomic E-state index is 0. The third-order valence-corrected chi connectivity index (χ3v) is 5.61. The van der Waals surface area contributed by atoms with Crippen LogP contribution in [0, 0.1) is 0 Å². The Hall–Kier alpha value is -2.84. The Balaban J connectivity index is 0.00000280. The summed E-state index contributed by atoms with van der Waals surface area (Å²) in [6, 6.07) is 15.9. The molecule has 0 saturated carbocycles. The van der Waals surface area contributed by atoms with Crippen LogP contribution in [0.1, 0.15) is 6.92 Å². The summed E-state index contributed by atoms with van der Waals surface area (Å²) in [6.45, 7) is 1.62. The molecule has 3 aromatic rings. The summed E-state index contributed by atoms with van der Waals surface area (Å²) in [5.74, 6) is 1.98. The first-order valence-corrected chi connectivity index (χ1v) is 9.98. The minimum Gasteiger partial charge on any atom is -0.497 e. The number of hydrogen-bond donors (Lipinski definition) is 2. The number of ether oxygens (including phenoxy) is 1. The van der Waals surface area contributed by atoms with E-state index in [2.05, 4.69) is 20.6 Å². The van der Waals surface area contributed by atoms with Gasteiger partial charge in [0.15, 0.2) is 9.84 Å². The van der Waals surface area contributed by atoms with Crippen molar-refractivity contribution in [3.63, 3.8) is 0 Å². The van der Waals surface area contributed by atoms with Crippen molar-refractivity contribution in [2.24, 2.45) is 0 Å². The van der Waals surface area contributed by atoms with Crippen LogP contribution in [0.2, 0.25) is 0 Å². The molecule has 0 bridgehead atoms. The number of nitrogens with one attached hydrogen (secondary N) is 2. The minimum atomic E-state index is -3.26. The van der Waals surface area contributed by atoms with Crippen LogP contribution in [0.3, 0.4) is 0 Å². The van der Waals surface area contributed by atoms with Gasteiger partial charge in [0.05, 0.1) is 17.8 Å². The molecule has 2 aromatic carbocycles. The van der Waals surface area contributed by atoms with Gasteiger partial charge in [-0.2, -0.15) is 0 Å². The maximum Gasteiger partial charge on any atom is 0.178 e. The summed E-state index contributed by atoms with van der Waals surface area (Å²) in [6.07, 6.45) is 1.43. The number of halogens is 1. The van der Waals surface area contributed by atoms with Crippen molar-refractivity contribution in [2.45, 2.75) is 11.8 Å². The molecule has 0 aliphatic heterocycles. The van der Waals surface area contributed by atoms with Gasteiger partial charge in [-0.1, -0.05) is 13.0 Å². The van der Waals surface area contributed by atoms with Gasteiger partial charge in [0.2, 0.25) is 0 Å². The fourth-order valence-electron chi connectivity index (χ4n) is 2.40. The van der Waals surface area contributed by atoms with Crippen molar-refractivity contribution in [3.05, 3.63) is 60.9 Å². The van der Waals surface area contributed by atoms with Crippen molar-refractivity contribution in [2.75, 3.05) is 23.5 Å². The van der Waals surface area contributed by atoms with Crippen LogP contribution >= 0.6 is 12.4 Å². The van der Waals surface area contributed by atoms with Crippen LogP contribution in [-0.4, -0.2) is 31.2 Å². The van der Waals surface area contributed by atoms with Gasteiger partial charge in [0, 0.05) is 17.4 Å². The van der Waals surface area contributed by atoms with E-state index in [1.54, 1.807) is 44.4 Å². The number of methoxy groups -OCH3 is 1. The predicted molar refractivity (Wildman–Crippen MR) is 113 cm³/mol. The summed E-state index contributed by atoms with van der Waals surface area (Å²) >= 11 is 0. The molecular weight excluding hydrogens is 400 g/mol. The van der Waals surface area contributed by atoms with E-state index < -0.39 is 9.84 Å². The third-order valence-electron chi connectivity index (χ3n) is 3.88. The topological polar surface area (TPSA) is 93.2 Å². The fraction of sp³-hybridized carbons (Fsp3) is 0.158. The van der Waals surface area contributed by atoms with Crippen molar-refractivity contribution < 1.29 is 13.2 Å². The lowest BCUT2D eigenvalue weighted by atomic mass is 10.3. The van der Waals surface area contributed by atoms with Crippen LogP contribution < -0.4 is 15.4 Å². The summed E-state index contributed by atoms with van der Waals surface area (Å²) in [7, 11) is -1.65. The number of anilines is 4. The highest BCUT2D eigenvalue weighted by atomic mass is 35.5. The van der Waals surface area contributed by atoms with E-state index in [0.29, 0.717) is 17.3 Å². The zero-order valence-electron chi connectivity index (χ0n) is 15.4. The molecular formula is C19H21ClN4O3S. The monoisotopic (exact) mass is 420 g/mol. The average molecular weight is 421 g/mol. The molecule has 0 spiro atoms. The Morgan fingerprint density at radius 3 is 2.18 bits per heavy atom. The van der Waals surface area contributed by atoms with Gasteiger partial charge in [-0.3, -0.25) is 0 Å². The molecule has 0 radical (unpaired) electrons. The summed E-state index contributed by atoms with van der Waals surface area (Å²) in [5, 5.41) is 6.29. The molecule has 0 unspecified atom stereocenters. The van der Waals surface area contributed by atoms with Crippen molar-refractivity contribution >= 4 is 45.3 Å². The second kappa shape index (κ2) is 9.38. The highest BCUT2D eigenvalue weighted by molar-refractivity contribution is 7.91. The van der Waals surface area contributed by atoms with E-state index in [9.17, 15) is 8.42 Å². The number of hydrogen-bond acceptors (Lipinski definition) is 7. The lowest BCUT2D eigenvalue weighted by Gasteiger charge is -2.10. The van der Waals surface area contributed by atoms with Crippen LogP contribution in [0.4, 0.5) is 23.0 Å². The first-order valence-electron chi connectivity index (χ1n) is 8.33. The molecule has 28 heavy (non-hydrogen) atoms. The van der Waals surface area contributed by atoms with Gasteiger partial charge < -0.3 is 15.4 Å². The zero-order chi connectivity index (χ0) is 19.3. The SMILES string of the molecule is CCS(=O)(=O)c1cccc(Nc2cc(Nc3ccc(OC)cc3)ncn2)c1.Cl. The fourth-order valence-corrected chi connectivity index (χ4v) is 3.32. The summed E-state index contributed by atoms with van der Waals surface area (Å²) < 4.78 is 29.2. The average Bonchev–Trinajstić information content (AvgIpc) is 2.69. The Morgan fingerprint density at radius 1 is 0.929 bits per heavy atom. The maximum atomic E-state index is 12.0. The molecule has 0 atom stereocenters. The molecule has 1 heterocycles. The van der Waals surface area contributed by atoms with Crippen LogP contribution in [0.15, 0.2) is 65.8 Å². The number of rotatable bonds is 7. The normalized spacial score (nSPS) is 10.6. The number of benzene rings is 2. The largest absolute Gasteiger partial charge is 0.497 e. The molecule has 1 aromatic heterocycles. The van der Waals surface area contributed by atoms with Gasteiger partial charge >= 0.3 is 0 Å². The van der Waals surface area contributed by atoms with Gasteiger partial charge in [-0.15, -0.1) is 12.4 Å². The second-order valence-electron chi connectivity index (χ2n) is 5.70. The highest BCUT2D eigenvalue weighted by Crippen LogP contribution is 2.23. The van der Waals surface area contributed by atoms with Gasteiger partial charge in [-0.25, -0.2) is 18.4 Å². The number of sulfone groups is 1. The molecule has 7 nitrogen and oxygen atoms in total. The van der Waals surface area contributed by atoms with Crippen LogP contribution in [0.25, 0.3) is 0 Å². The van der Waals surface area contributed by atoms with Crippen LogP contribution in [-0.2, 0) is 9.84 Å². The molecule has 2 N–H and O–H groups in total. The lowest BCUT2D eigenvalue weighted by Crippen LogP contribution is -2.04. The Labute approximate surface area is 170 Å². The number of nitrogens with zero attached hydrogens (tertiary/aromatic N) is 2. The molecule has 3 rings (SSSR count). The molecule has 9 heteroatoms. The van der Waals surface area contributed by atoms with Crippen molar-refractivity contribution in [1.29, 1.82) is 0 Å². The lowest BCUT2D eigenvalue weighted by molar-refractivity contribution is 0.415. The van der Waals surface area contributed by atoms with E-state index in [1.807, 2.05) is 24.3 Å². The van der Waals surface area contributed by atoms with E-state index in [-0.39, 0.29) is 23.1 Å². The molecule has 0 aliphatic carbocycles. The standard InChI is InChI=1S/C19H20N4O3S.ClH/c1-3-27(24,25)17-6-4-5-15(11-17)23-19-12-18(20-13-21-19)22-14-7-9-16(26-2)10-8-14;/h4-13H,3H2,1-2H3,(H2,20,21,22,23);1H. The van der Waals surface area contributed by atoms with Gasteiger partial charge in [0.1, 0.15) is 23.7 Å². The smallest absolute Gasteiger partial charge is 0.178 e. The quantitative estimate of drug-likeness (QED) is 0.591. The zero-order valence-corrected chi connectivity index (χ0v) is 17.0. The third kappa shape index (κ3) is 5.34.